The molecule has 8 nitrogen and oxygen atoms in total. The lowest BCUT2D eigenvalue weighted by Gasteiger charge is -2.13. The van der Waals surface area contributed by atoms with Crippen LogP contribution in [-0.2, 0) is 16.1 Å². The summed E-state index contributed by atoms with van der Waals surface area (Å²) in [6.45, 7) is 4.54. The Morgan fingerprint density at radius 3 is 2.78 bits per heavy atom. The van der Waals surface area contributed by atoms with Gasteiger partial charge in [0.05, 0.1) is 6.61 Å². The second-order valence-corrected chi connectivity index (χ2v) is 4.99. The summed E-state index contributed by atoms with van der Waals surface area (Å²) in [6.07, 6.45) is 6.01. The van der Waals surface area contributed by atoms with Crippen LogP contribution in [0.2, 0.25) is 0 Å². The van der Waals surface area contributed by atoms with Gasteiger partial charge in [-0.25, -0.2) is 9.97 Å². The first-order chi connectivity index (χ1) is 11.2. The smallest absolute Gasteiger partial charge is 0.326 e. The van der Waals surface area contributed by atoms with E-state index in [-0.39, 0.29) is 24.3 Å². The Morgan fingerprint density at radius 2 is 2.04 bits per heavy atom. The summed E-state index contributed by atoms with van der Waals surface area (Å²) in [7, 11) is 0. The minimum atomic E-state index is -0.490. The summed E-state index contributed by atoms with van der Waals surface area (Å²) in [6, 6.07) is 0. The fraction of sp³-hybridized carbons (Fsp3) is 0.533. The van der Waals surface area contributed by atoms with Gasteiger partial charge in [0.1, 0.15) is 6.54 Å². The average molecular weight is 319 g/mol. The van der Waals surface area contributed by atoms with E-state index in [1.807, 2.05) is 0 Å². The van der Waals surface area contributed by atoms with Gasteiger partial charge in [-0.2, -0.15) is 4.98 Å². The van der Waals surface area contributed by atoms with E-state index in [4.69, 9.17) is 4.74 Å². The molecule has 1 N–H and O–H groups in total. The molecule has 0 aliphatic rings. The minimum Gasteiger partial charge on any atom is -0.465 e. The third-order valence-electron chi connectivity index (χ3n) is 3.25. The number of fused-ring (bicyclic) bond motifs is 1. The second-order valence-electron chi connectivity index (χ2n) is 4.99. The maximum Gasteiger partial charge on any atom is 0.326 e. The normalized spacial score (nSPS) is 10.7. The maximum absolute atomic E-state index is 12.6. The van der Waals surface area contributed by atoms with Crippen LogP contribution in [0.3, 0.4) is 0 Å². The van der Waals surface area contributed by atoms with Crippen LogP contribution < -0.4 is 10.9 Å². The van der Waals surface area contributed by atoms with Crippen molar-refractivity contribution < 1.29 is 9.53 Å². The van der Waals surface area contributed by atoms with Gasteiger partial charge in [-0.15, -0.1) is 0 Å². The van der Waals surface area contributed by atoms with E-state index in [0.717, 1.165) is 19.3 Å². The van der Waals surface area contributed by atoms with Gasteiger partial charge in [0.15, 0.2) is 11.2 Å². The molecule has 0 fully saturated rings. The first-order valence-electron chi connectivity index (χ1n) is 7.78. The van der Waals surface area contributed by atoms with Gasteiger partial charge in [-0.05, 0) is 13.3 Å². The largest absolute Gasteiger partial charge is 0.465 e. The lowest BCUT2D eigenvalue weighted by Crippen LogP contribution is -2.30. The molecule has 0 spiro atoms. The molecule has 0 bridgehead atoms. The van der Waals surface area contributed by atoms with Gasteiger partial charge in [-0.1, -0.05) is 19.8 Å². The maximum atomic E-state index is 12.6. The molecular weight excluding hydrogens is 298 g/mol. The molecule has 8 heteroatoms. The number of aromatic nitrogens is 4. The van der Waals surface area contributed by atoms with E-state index in [9.17, 15) is 9.59 Å². The monoisotopic (exact) mass is 319 g/mol. The summed E-state index contributed by atoms with van der Waals surface area (Å²) in [5, 5.41) is 3.10. The molecule has 0 amide bonds. The fourth-order valence-electron chi connectivity index (χ4n) is 2.14. The number of esters is 1. The van der Waals surface area contributed by atoms with Gasteiger partial charge >= 0.3 is 5.97 Å². The molecule has 2 heterocycles. The summed E-state index contributed by atoms with van der Waals surface area (Å²) < 4.78 is 6.17. The third kappa shape index (κ3) is 4.24. The number of unbranched alkanes of at least 4 members (excludes halogenated alkanes) is 2. The molecule has 23 heavy (non-hydrogen) atoms. The molecule has 0 saturated heterocycles. The molecule has 2 aromatic heterocycles. The highest BCUT2D eigenvalue weighted by Crippen LogP contribution is 2.08. The van der Waals surface area contributed by atoms with Gasteiger partial charge < -0.3 is 10.1 Å². The van der Waals surface area contributed by atoms with Crippen LogP contribution in [0.5, 0.6) is 0 Å². The van der Waals surface area contributed by atoms with Crippen LogP contribution >= 0.6 is 0 Å². The van der Waals surface area contributed by atoms with Crippen molar-refractivity contribution in [3.05, 3.63) is 22.7 Å². The van der Waals surface area contributed by atoms with Crippen molar-refractivity contribution in [1.82, 2.24) is 19.5 Å². The molecular formula is C15H21N5O3. The van der Waals surface area contributed by atoms with Gasteiger partial charge in [0.25, 0.3) is 5.56 Å². The molecule has 124 valence electrons. The number of carbonyl (C=O) groups is 1. The molecule has 2 rings (SSSR count). The molecule has 0 aromatic carbocycles. The quantitative estimate of drug-likeness (QED) is 0.579. The fourth-order valence-corrected chi connectivity index (χ4v) is 2.14. The third-order valence-corrected chi connectivity index (χ3v) is 3.25. The zero-order chi connectivity index (χ0) is 16.7. The van der Waals surface area contributed by atoms with Crippen molar-refractivity contribution in [2.75, 3.05) is 18.5 Å². The highest BCUT2D eigenvalue weighted by molar-refractivity contribution is 5.73. The van der Waals surface area contributed by atoms with Gasteiger partial charge in [0.2, 0.25) is 5.95 Å². The average Bonchev–Trinajstić information content (AvgIpc) is 2.55. The molecule has 0 aliphatic carbocycles. The van der Waals surface area contributed by atoms with Crippen molar-refractivity contribution in [2.45, 2.75) is 39.7 Å². The van der Waals surface area contributed by atoms with Crippen molar-refractivity contribution >= 4 is 23.1 Å². The summed E-state index contributed by atoms with van der Waals surface area (Å²) >= 11 is 0. The van der Waals surface area contributed by atoms with Gasteiger partial charge in [-0.3, -0.25) is 14.2 Å². The van der Waals surface area contributed by atoms with E-state index in [1.165, 1.54) is 17.0 Å². The van der Waals surface area contributed by atoms with Crippen molar-refractivity contribution in [2.24, 2.45) is 0 Å². The Balaban J connectivity index is 2.36. The van der Waals surface area contributed by atoms with Crippen LogP contribution in [0.15, 0.2) is 17.2 Å². The summed E-state index contributed by atoms with van der Waals surface area (Å²) in [5.74, 6) is -0.177. The molecule has 0 radical (unpaired) electrons. The molecule has 2 aromatic rings. The van der Waals surface area contributed by atoms with E-state index in [2.05, 4.69) is 27.2 Å². The number of anilines is 1. The van der Waals surface area contributed by atoms with Crippen molar-refractivity contribution in [3.63, 3.8) is 0 Å². The number of carbonyl (C=O) groups excluding carboxylic acids is 1. The number of nitrogens with one attached hydrogen (secondary N) is 1. The predicted molar refractivity (Wildman–Crippen MR) is 86.2 cm³/mol. The van der Waals surface area contributed by atoms with Crippen LogP contribution in [0.1, 0.15) is 33.1 Å². The first kappa shape index (κ1) is 16.9. The van der Waals surface area contributed by atoms with Gasteiger partial charge in [0, 0.05) is 18.9 Å². The molecule has 0 aliphatic heterocycles. The lowest BCUT2D eigenvalue weighted by molar-refractivity contribution is -0.143. The number of hydrogen-bond acceptors (Lipinski definition) is 7. The summed E-state index contributed by atoms with van der Waals surface area (Å²) in [5.41, 5.74) is -0.0133. The predicted octanol–water partition coefficient (Wildman–Crippen LogP) is 1.35. The summed E-state index contributed by atoms with van der Waals surface area (Å²) in [4.78, 5) is 36.7. The number of ether oxygens (including phenoxy) is 1. The van der Waals surface area contributed by atoms with E-state index in [1.54, 1.807) is 6.92 Å². The zero-order valence-corrected chi connectivity index (χ0v) is 13.4. The Bertz CT molecular complexity index is 729. The zero-order valence-electron chi connectivity index (χ0n) is 13.4. The van der Waals surface area contributed by atoms with Crippen molar-refractivity contribution in [3.8, 4) is 0 Å². The molecule has 0 saturated carbocycles. The molecule has 0 atom stereocenters. The Hall–Kier alpha value is -2.51. The molecule has 0 unspecified atom stereocenters. The van der Waals surface area contributed by atoms with Crippen LogP contribution in [0.4, 0.5) is 5.95 Å². The lowest BCUT2D eigenvalue weighted by atomic mass is 10.2. The first-order valence-corrected chi connectivity index (χ1v) is 7.78. The number of nitrogens with zero attached hydrogens (tertiary/aromatic N) is 4. The van der Waals surface area contributed by atoms with Crippen LogP contribution in [-0.4, -0.2) is 38.6 Å². The Morgan fingerprint density at radius 1 is 1.26 bits per heavy atom. The SMILES string of the molecule is CCCCCNc1nc2nccnc2c(=O)n1CC(=O)OCC. The van der Waals surface area contributed by atoms with E-state index < -0.39 is 11.5 Å². The highest BCUT2D eigenvalue weighted by atomic mass is 16.5. The van der Waals surface area contributed by atoms with Crippen LogP contribution in [0, 0.1) is 0 Å². The standard InChI is InChI=1S/C15H21N5O3/c1-3-5-6-7-18-15-19-13-12(16-8-9-17-13)14(22)20(15)10-11(21)23-4-2/h8-9H,3-7,10H2,1-2H3,(H,17,18,19). The van der Waals surface area contributed by atoms with Crippen molar-refractivity contribution in [1.29, 1.82) is 0 Å². The highest BCUT2D eigenvalue weighted by Gasteiger charge is 2.15. The minimum absolute atomic E-state index is 0.135. The number of hydrogen-bond donors (Lipinski definition) is 1. The Labute approximate surface area is 133 Å². The Kier molecular flexibility index (Phi) is 6.02. The second kappa shape index (κ2) is 8.21. The van der Waals surface area contributed by atoms with E-state index >= 15 is 0 Å². The topological polar surface area (TPSA) is 99.0 Å². The van der Waals surface area contributed by atoms with E-state index in [0.29, 0.717) is 12.5 Å². The van der Waals surface area contributed by atoms with Crippen LogP contribution in [0.25, 0.3) is 11.2 Å². The number of rotatable bonds is 8.